The number of benzene rings is 2. The molecule has 0 fully saturated rings. The zero-order valence-electron chi connectivity index (χ0n) is 18.0. The van der Waals surface area contributed by atoms with Gasteiger partial charge in [-0.3, -0.25) is 0 Å². The second-order valence-corrected chi connectivity index (χ2v) is 10.9. The van der Waals surface area contributed by atoms with Gasteiger partial charge in [-0.15, -0.1) is 0 Å². The first-order valence-electron chi connectivity index (χ1n) is 11.1. The SMILES string of the molecule is C=c1c2c(c(=C)n1CCCCC1(C)c3cc(Br)ccc3-c3ccc(Br)cc31)CCC=C2. The van der Waals surface area contributed by atoms with Gasteiger partial charge >= 0.3 is 0 Å². The maximum Gasteiger partial charge on any atom is 0.0414 e. The van der Waals surface area contributed by atoms with Crippen molar-refractivity contribution in [3.63, 3.8) is 0 Å². The van der Waals surface area contributed by atoms with Gasteiger partial charge in [0.1, 0.15) is 0 Å². The zero-order valence-corrected chi connectivity index (χ0v) is 21.2. The van der Waals surface area contributed by atoms with E-state index in [1.807, 2.05) is 0 Å². The van der Waals surface area contributed by atoms with Gasteiger partial charge in [-0.2, -0.15) is 0 Å². The van der Waals surface area contributed by atoms with Crippen molar-refractivity contribution in [3.05, 3.63) is 84.4 Å². The predicted molar refractivity (Wildman–Crippen MR) is 140 cm³/mol. The molecule has 31 heavy (non-hydrogen) atoms. The highest BCUT2D eigenvalue weighted by Crippen LogP contribution is 2.52. The molecule has 158 valence electrons. The van der Waals surface area contributed by atoms with Crippen LogP contribution in [0.4, 0.5) is 0 Å². The topological polar surface area (TPSA) is 4.93 Å². The summed E-state index contributed by atoms with van der Waals surface area (Å²) in [6.07, 6.45) is 10.1. The summed E-state index contributed by atoms with van der Waals surface area (Å²) in [5, 5.41) is 2.30. The number of hydrogen-bond acceptors (Lipinski definition) is 0. The Labute approximate surface area is 201 Å². The van der Waals surface area contributed by atoms with Crippen molar-refractivity contribution in [1.29, 1.82) is 0 Å². The Bertz CT molecular complexity index is 1260. The van der Waals surface area contributed by atoms with Crippen molar-refractivity contribution in [1.82, 2.24) is 4.57 Å². The number of allylic oxidation sites excluding steroid dienone is 1. The van der Waals surface area contributed by atoms with Crippen molar-refractivity contribution in [2.24, 2.45) is 0 Å². The summed E-state index contributed by atoms with van der Waals surface area (Å²) in [6, 6.07) is 13.5. The van der Waals surface area contributed by atoms with E-state index in [1.54, 1.807) is 0 Å². The van der Waals surface area contributed by atoms with Crippen LogP contribution in [0, 0.1) is 0 Å². The minimum Gasteiger partial charge on any atom is -0.342 e. The normalized spacial score (nSPS) is 15.6. The van der Waals surface area contributed by atoms with Crippen LogP contribution in [0.25, 0.3) is 30.4 Å². The first kappa shape index (κ1) is 21.0. The summed E-state index contributed by atoms with van der Waals surface area (Å²) in [5.41, 5.74) is 8.34. The molecule has 0 unspecified atom stereocenters. The zero-order chi connectivity index (χ0) is 21.8. The lowest BCUT2D eigenvalue weighted by Gasteiger charge is -2.28. The van der Waals surface area contributed by atoms with Gasteiger partial charge in [0, 0.05) is 37.2 Å². The maximum atomic E-state index is 4.38. The Balaban J connectivity index is 1.39. The molecule has 0 amide bonds. The van der Waals surface area contributed by atoms with Gasteiger partial charge in [-0.05, 0) is 77.8 Å². The Hall–Kier alpha value is -1.84. The molecule has 5 rings (SSSR count). The van der Waals surface area contributed by atoms with Crippen LogP contribution >= 0.6 is 31.9 Å². The molecule has 2 aromatic carbocycles. The largest absolute Gasteiger partial charge is 0.342 e. The van der Waals surface area contributed by atoms with Crippen LogP contribution in [0.5, 0.6) is 0 Å². The summed E-state index contributed by atoms with van der Waals surface area (Å²) in [7, 11) is 0. The monoisotopic (exact) mass is 535 g/mol. The van der Waals surface area contributed by atoms with Gasteiger partial charge < -0.3 is 4.57 Å². The Kier molecular flexibility index (Phi) is 5.38. The number of unbranched alkanes of at least 4 members (excludes halogenated alkanes) is 1. The quantitative estimate of drug-likeness (QED) is 0.311. The van der Waals surface area contributed by atoms with Crippen LogP contribution in [-0.4, -0.2) is 4.57 Å². The van der Waals surface area contributed by atoms with Crippen molar-refractivity contribution >= 4 is 51.1 Å². The standard InChI is InChI=1S/C28H27Br2N/c1-18-22-8-4-5-9-23(22)19(2)31(18)15-7-6-14-28(3)26-16-20(29)10-12-24(26)25-13-11-21(30)17-27(25)28/h4,8,10-13,16-17H,1-2,5-7,9,14-15H2,3H3. The summed E-state index contributed by atoms with van der Waals surface area (Å²) < 4.78 is 4.64. The van der Waals surface area contributed by atoms with E-state index in [4.69, 9.17) is 0 Å². The minimum atomic E-state index is 0.0253. The molecular formula is C28H27Br2N. The average molecular weight is 537 g/mol. The van der Waals surface area contributed by atoms with Crippen LogP contribution in [-0.2, 0) is 18.4 Å². The molecule has 1 aromatic heterocycles. The number of nitrogens with zero attached hydrogens (tertiary/aromatic N) is 1. The molecule has 0 aliphatic heterocycles. The lowest BCUT2D eigenvalue weighted by Crippen LogP contribution is -2.27. The van der Waals surface area contributed by atoms with Crippen molar-refractivity contribution in [2.45, 2.75) is 51.0 Å². The fourth-order valence-corrected chi connectivity index (χ4v) is 6.28. The third kappa shape index (κ3) is 3.41. The number of halogens is 2. The summed E-state index contributed by atoms with van der Waals surface area (Å²) in [6.45, 7) is 12.2. The van der Waals surface area contributed by atoms with Gasteiger partial charge in [0.15, 0.2) is 0 Å². The van der Waals surface area contributed by atoms with Crippen LogP contribution in [0.15, 0.2) is 51.4 Å². The van der Waals surface area contributed by atoms with Crippen LogP contribution in [0.1, 0.15) is 54.9 Å². The molecule has 2 aliphatic rings. The van der Waals surface area contributed by atoms with E-state index < -0.39 is 0 Å². The molecule has 1 nitrogen and oxygen atoms in total. The summed E-state index contributed by atoms with van der Waals surface area (Å²) in [4.78, 5) is 0. The molecule has 0 saturated heterocycles. The molecule has 0 atom stereocenters. The highest BCUT2D eigenvalue weighted by Gasteiger charge is 2.39. The van der Waals surface area contributed by atoms with Gasteiger partial charge in [-0.25, -0.2) is 0 Å². The van der Waals surface area contributed by atoms with Gasteiger partial charge in [-0.1, -0.05) is 82.6 Å². The molecule has 0 radical (unpaired) electrons. The van der Waals surface area contributed by atoms with Crippen LogP contribution in [0.3, 0.4) is 0 Å². The van der Waals surface area contributed by atoms with E-state index in [2.05, 4.69) is 105 Å². The molecule has 0 N–H and O–H groups in total. The minimum absolute atomic E-state index is 0.0253. The molecule has 0 spiro atoms. The van der Waals surface area contributed by atoms with E-state index >= 15 is 0 Å². The lowest BCUT2D eigenvalue weighted by molar-refractivity contribution is 0.473. The Morgan fingerprint density at radius 3 is 2.19 bits per heavy atom. The van der Waals surface area contributed by atoms with E-state index in [0.29, 0.717) is 0 Å². The number of rotatable bonds is 5. The summed E-state index contributed by atoms with van der Waals surface area (Å²) in [5.74, 6) is 0. The first-order valence-corrected chi connectivity index (χ1v) is 12.6. The van der Waals surface area contributed by atoms with Crippen molar-refractivity contribution in [2.75, 3.05) is 0 Å². The fraction of sp³-hybridized carbons (Fsp3) is 0.286. The van der Waals surface area contributed by atoms with Crippen molar-refractivity contribution < 1.29 is 0 Å². The Morgan fingerprint density at radius 2 is 1.58 bits per heavy atom. The molecule has 1 heterocycles. The molecule has 3 aromatic rings. The average Bonchev–Trinajstić information content (AvgIpc) is 3.15. The third-order valence-electron chi connectivity index (χ3n) is 7.23. The number of aromatic nitrogens is 1. The van der Waals surface area contributed by atoms with Crippen LogP contribution < -0.4 is 10.7 Å². The van der Waals surface area contributed by atoms with E-state index in [0.717, 1.165) is 52.9 Å². The first-order chi connectivity index (χ1) is 14.9. The fourth-order valence-electron chi connectivity index (χ4n) is 5.55. The summed E-state index contributed by atoms with van der Waals surface area (Å²) >= 11 is 7.40. The molecule has 3 heteroatoms. The molecule has 0 saturated carbocycles. The van der Waals surface area contributed by atoms with E-state index in [1.165, 1.54) is 38.7 Å². The van der Waals surface area contributed by atoms with Crippen LogP contribution in [0.2, 0.25) is 0 Å². The second kappa shape index (κ2) is 7.94. The lowest BCUT2D eigenvalue weighted by atomic mass is 9.76. The Morgan fingerprint density at radius 1 is 0.935 bits per heavy atom. The van der Waals surface area contributed by atoms with E-state index in [9.17, 15) is 0 Å². The van der Waals surface area contributed by atoms with Gasteiger partial charge in [0.05, 0.1) is 0 Å². The van der Waals surface area contributed by atoms with Gasteiger partial charge in [0.2, 0.25) is 0 Å². The van der Waals surface area contributed by atoms with Crippen molar-refractivity contribution in [3.8, 4) is 11.1 Å². The third-order valence-corrected chi connectivity index (χ3v) is 8.22. The predicted octanol–water partition coefficient (Wildman–Crippen LogP) is 6.95. The highest BCUT2D eigenvalue weighted by molar-refractivity contribution is 9.10. The molecule has 2 aliphatic carbocycles. The number of hydrogen-bond donors (Lipinski definition) is 0. The van der Waals surface area contributed by atoms with E-state index in [-0.39, 0.29) is 5.41 Å². The highest BCUT2D eigenvalue weighted by atomic mass is 79.9. The molecular weight excluding hydrogens is 510 g/mol. The van der Waals surface area contributed by atoms with Gasteiger partial charge in [0.25, 0.3) is 0 Å². The maximum absolute atomic E-state index is 4.38. The smallest absolute Gasteiger partial charge is 0.0414 e. The molecule has 0 bridgehead atoms. The second-order valence-electron chi connectivity index (χ2n) is 9.05. The number of fused-ring (bicyclic) bond motifs is 4.